The number of nitrogens with zero attached hydrogens (tertiary/aromatic N) is 3. The van der Waals surface area contributed by atoms with Crippen molar-refractivity contribution in [2.24, 2.45) is 5.10 Å². The van der Waals surface area contributed by atoms with Gasteiger partial charge in [-0.25, -0.2) is 8.78 Å². The molecule has 0 aliphatic rings. The van der Waals surface area contributed by atoms with E-state index in [2.05, 4.69) is 15.3 Å². The van der Waals surface area contributed by atoms with Crippen LogP contribution in [0, 0.1) is 16.4 Å². The molecule has 0 bridgehead atoms. The summed E-state index contributed by atoms with van der Waals surface area (Å²) < 4.78 is 27.5. The van der Waals surface area contributed by atoms with Crippen LogP contribution in [0.25, 0.3) is 0 Å². The summed E-state index contributed by atoms with van der Waals surface area (Å²) in [7, 11) is 0. The fourth-order valence-electron chi connectivity index (χ4n) is 1.39. The molecule has 7 heteroatoms. The zero-order chi connectivity index (χ0) is 13.1. The lowest BCUT2D eigenvalue weighted by molar-refractivity contribution is 0.508. The number of aryl methyl sites for hydroxylation is 1. The molecule has 2 aromatic rings. The predicted molar refractivity (Wildman–Crippen MR) is 66.1 cm³/mol. The highest BCUT2D eigenvalue weighted by atomic mass is 32.1. The van der Waals surface area contributed by atoms with Crippen molar-refractivity contribution in [3.63, 3.8) is 0 Å². The van der Waals surface area contributed by atoms with Crippen molar-refractivity contribution in [1.29, 1.82) is 0 Å². The van der Waals surface area contributed by atoms with E-state index in [0.717, 1.165) is 12.1 Å². The maximum Gasteiger partial charge on any atom is 0.216 e. The van der Waals surface area contributed by atoms with E-state index in [-0.39, 0.29) is 0 Å². The molecule has 4 nitrogen and oxygen atoms in total. The first-order chi connectivity index (χ1) is 8.61. The number of rotatable bonds is 3. The topological polar surface area (TPSA) is 46.0 Å². The van der Waals surface area contributed by atoms with E-state index in [1.54, 1.807) is 0 Å². The van der Waals surface area contributed by atoms with Gasteiger partial charge in [0.05, 0.1) is 6.21 Å². The van der Waals surface area contributed by atoms with Gasteiger partial charge in [0.2, 0.25) is 4.77 Å². The lowest BCUT2D eigenvalue weighted by atomic mass is 10.2. The highest BCUT2D eigenvalue weighted by molar-refractivity contribution is 7.71. The highest BCUT2D eigenvalue weighted by Gasteiger charge is 2.03. The Morgan fingerprint density at radius 2 is 2.22 bits per heavy atom. The molecule has 0 fully saturated rings. The molecule has 0 saturated carbocycles. The fourth-order valence-corrected chi connectivity index (χ4v) is 1.59. The van der Waals surface area contributed by atoms with Crippen LogP contribution in [-0.4, -0.2) is 21.1 Å². The molecule has 0 atom stereocenters. The number of halogens is 2. The molecule has 18 heavy (non-hydrogen) atoms. The monoisotopic (exact) mass is 268 g/mol. The number of benzene rings is 1. The number of aromatic amines is 1. The molecule has 0 aliphatic heterocycles. The third-order valence-electron chi connectivity index (χ3n) is 2.30. The molecule has 94 valence electrons. The molecule has 0 aliphatic carbocycles. The van der Waals surface area contributed by atoms with Gasteiger partial charge in [-0.1, -0.05) is 13.0 Å². The number of hydrogen-bond donors (Lipinski definition) is 1. The summed E-state index contributed by atoms with van der Waals surface area (Å²) >= 11 is 5.00. The van der Waals surface area contributed by atoms with E-state index in [0.29, 0.717) is 22.6 Å². The lowest BCUT2D eigenvalue weighted by Gasteiger charge is -1.97. The van der Waals surface area contributed by atoms with Gasteiger partial charge in [-0.15, -0.1) is 0 Å². The molecule has 0 saturated heterocycles. The Kier molecular flexibility index (Phi) is 3.61. The van der Waals surface area contributed by atoms with Gasteiger partial charge in [0.1, 0.15) is 0 Å². The maximum absolute atomic E-state index is 13.0. The summed E-state index contributed by atoms with van der Waals surface area (Å²) in [5, 5.41) is 10.7. The Hall–Kier alpha value is -1.89. The Labute approximate surface area is 107 Å². The molecular weight excluding hydrogens is 258 g/mol. The summed E-state index contributed by atoms with van der Waals surface area (Å²) in [6.07, 6.45) is 2.05. The van der Waals surface area contributed by atoms with Gasteiger partial charge in [-0.3, -0.25) is 5.10 Å². The molecule has 1 aromatic heterocycles. The van der Waals surface area contributed by atoms with Crippen LogP contribution >= 0.6 is 12.2 Å². The first-order valence-corrected chi connectivity index (χ1v) is 5.68. The quantitative estimate of drug-likeness (QED) is 0.687. The summed E-state index contributed by atoms with van der Waals surface area (Å²) in [5.74, 6) is -1.13. The van der Waals surface area contributed by atoms with Crippen LogP contribution in [0.2, 0.25) is 0 Å². The van der Waals surface area contributed by atoms with Crippen molar-refractivity contribution in [3.8, 4) is 0 Å². The van der Waals surface area contributed by atoms with Crippen LogP contribution in [0.1, 0.15) is 18.3 Å². The zero-order valence-electron chi connectivity index (χ0n) is 9.52. The second-order valence-corrected chi connectivity index (χ2v) is 3.92. The van der Waals surface area contributed by atoms with Crippen LogP contribution in [0.15, 0.2) is 23.3 Å². The normalized spacial score (nSPS) is 11.3. The van der Waals surface area contributed by atoms with Crippen molar-refractivity contribution >= 4 is 18.4 Å². The van der Waals surface area contributed by atoms with Crippen molar-refractivity contribution in [1.82, 2.24) is 14.9 Å². The molecule has 1 aromatic carbocycles. The SMILES string of the molecule is CCc1n[nH]c(=S)n1/N=C/c1ccc(F)c(F)c1. The van der Waals surface area contributed by atoms with E-state index in [1.165, 1.54) is 17.0 Å². The summed E-state index contributed by atoms with van der Waals surface area (Å²) in [5.41, 5.74) is 0.444. The van der Waals surface area contributed by atoms with Crippen LogP contribution in [-0.2, 0) is 6.42 Å². The second kappa shape index (κ2) is 5.18. The minimum atomic E-state index is -0.912. The van der Waals surface area contributed by atoms with Crippen LogP contribution < -0.4 is 0 Å². The van der Waals surface area contributed by atoms with Crippen molar-refractivity contribution < 1.29 is 8.78 Å². The summed E-state index contributed by atoms with van der Waals surface area (Å²) in [6.45, 7) is 1.91. The third kappa shape index (κ3) is 2.51. The molecule has 0 amide bonds. The molecule has 2 rings (SSSR count). The Morgan fingerprint density at radius 1 is 1.44 bits per heavy atom. The van der Waals surface area contributed by atoms with E-state index in [1.807, 2.05) is 6.92 Å². The van der Waals surface area contributed by atoms with Crippen LogP contribution in [0.3, 0.4) is 0 Å². The minimum Gasteiger partial charge on any atom is -0.250 e. The zero-order valence-corrected chi connectivity index (χ0v) is 10.3. The molecule has 1 N–H and O–H groups in total. The smallest absolute Gasteiger partial charge is 0.216 e. The Bertz CT molecular complexity index is 645. The number of aromatic nitrogens is 3. The van der Waals surface area contributed by atoms with Crippen molar-refractivity contribution in [3.05, 3.63) is 46.0 Å². The summed E-state index contributed by atoms with van der Waals surface area (Å²) in [4.78, 5) is 0. The van der Waals surface area contributed by atoms with Gasteiger partial charge in [0.25, 0.3) is 0 Å². The standard InChI is InChI=1S/C11H10F2N4S/c1-2-10-15-16-11(18)17(10)14-6-7-3-4-8(12)9(13)5-7/h3-6H,2H2,1H3,(H,16,18)/b14-6+. The van der Waals surface area contributed by atoms with Crippen molar-refractivity contribution in [2.45, 2.75) is 13.3 Å². The highest BCUT2D eigenvalue weighted by Crippen LogP contribution is 2.07. The maximum atomic E-state index is 13.0. The second-order valence-electron chi connectivity index (χ2n) is 3.53. The van der Waals surface area contributed by atoms with Gasteiger partial charge >= 0.3 is 0 Å². The Morgan fingerprint density at radius 3 is 2.89 bits per heavy atom. The number of hydrogen-bond acceptors (Lipinski definition) is 3. The average Bonchev–Trinajstić information content (AvgIpc) is 2.71. The third-order valence-corrected chi connectivity index (χ3v) is 2.56. The van der Waals surface area contributed by atoms with Gasteiger partial charge in [0.15, 0.2) is 17.5 Å². The first kappa shape index (κ1) is 12.6. The van der Waals surface area contributed by atoms with E-state index >= 15 is 0 Å². The number of H-pyrrole nitrogens is 1. The molecular formula is C11H10F2N4S. The van der Waals surface area contributed by atoms with Crippen molar-refractivity contribution in [2.75, 3.05) is 0 Å². The van der Waals surface area contributed by atoms with Gasteiger partial charge < -0.3 is 0 Å². The van der Waals surface area contributed by atoms with E-state index < -0.39 is 11.6 Å². The van der Waals surface area contributed by atoms with Gasteiger partial charge in [-0.05, 0) is 29.9 Å². The Balaban J connectivity index is 2.32. The molecule has 0 radical (unpaired) electrons. The van der Waals surface area contributed by atoms with E-state index in [4.69, 9.17) is 12.2 Å². The van der Waals surface area contributed by atoms with Crippen LogP contribution in [0.4, 0.5) is 8.78 Å². The summed E-state index contributed by atoms with van der Waals surface area (Å²) in [6, 6.07) is 3.54. The predicted octanol–water partition coefficient (Wildman–Crippen LogP) is 2.66. The fraction of sp³-hybridized carbons (Fsp3) is 0.182. The van der Waals surface area contributed by atoms with Gasteiger partial charge in [-0.2, -0.15) is 14.9 Å². The van der Waals surface area contributed by atoms with Gasteiger partial charge in [0, 0.05) is 6.42 Å². The lowest BCUT2D eigenvalue weighted by Crippen LogP contribution is -1.97. The van der Waals surface area contributed by atoms with Crippen LogP contribution in [0.5, 0.6) is 0 Å². The first-order valence-electron chi connectivity index (χ1n) is 5.27. The largest absolute Gasteiger partial charge is 0.250 e. The van der Waals surface area contributed by atoms with E-state index in [9.17, 15) is 8.78 Å². The molecule has 0 spiro atoms. The number of nitrogens with one attached hydrogen (secondary N) is 1. The average molecular weight is 268 g/mol. The molecule has 1 heterocycles. The minimum absolute atomic E-state index is 0.352. The molecule has 0 unspecified atom stereocenters.